The monoisotopic (exact) mass is 418 g/mol. The van der Waals surface area contributed by atoms with Crippen molar-refractivity contribution < 1.29 is 13.9 Å². The topological polar surface area (TPSA) is 51.2 Å². The fourth-order valence-corrected chi connectivity index (χ4v) is 3.75. The summed E-state index contributed by atoms with van der Waals surface area (Å²) in [4.78, 5) is 17.8. The second-order valence-electron chi connectivity index (χ2n) is 6.83. The van der Waals surface area contributed by atoms with Crippen molar-refractivity contribution in [2.24, 2.45) is 0 Å². The molecule has 4 rings (SSSR count). The molecule has 0 saturated carbocycles. The summed E-state index contributed by atoms with van der Waals surface area (Å²) in [6.07, 6.45) is 2.36. The molecule has 150 valence electrons. The van der Waals surface area contributed by atoms with Crippen LogP contribution in [-0.4, -0.2) is 10.9 Å². The highest BCUT2D eigenvalue weighted by atomic mass is 32.1. The van der Waals surface area contributed by atoms with Gasteiger partial charge in [0.05, 0.1) is 0 Å². The first kappa shape index (κ1) is 19.8. The van der Waals surface area contributed by atoms with Crippen molar-refractivity contribution >= 4 is 22.4 Å². The minimum atomic E-state index is -0.258. The lowest BCUT2D eigenvalue weighted by Gasteiger charge is -2.07. The zero-order valence-corrected chi connectivity index (χ0v) is 17.1. The van der Waals surface area contributed by atoms with Crippen molar-refractivity contribution in [1.82, 2.24) is 4.98 Å². The Morgan fingerprint density at radius 1 is 1.03 bits per heavy atom. The number of nitrogens with zero attached hydrogens (tertiary/aromatic N) is 1. The molecule has 0 fully saturated rings. The first-order valence-electron chi connectivity index (χ1n) is 9.40. The van der Waals surface area contributed by atoms with Crippen molar-refractivity contribution in [1.29, 1.82) is 0 Å². The molecule has 1 N–H and O–H groups in total. The molecule has 4 nitrogen and oxygen atoms in total. The Morgan fingerprint density at radius 3 is 2.53 bits per heavy atom. The van der Waals surface area contributed by atoms with Gasteiger partial charge in [0.25, 0.3) is 5.91 Å². The van der Waals surface area contributed by atoms with Gasteiger partial charge in [0.2, 0.25) is 0 Å². The Kier molecular flexibility index (Phi) is 5.86. The Balaban J connectivity index is 1.37. The maximum Gasteiger partial charge on any atom is 0.257 e. The summed E-state index contributed by atoms with van der Waals surface area (Å²) >= 11 is 1.40. The predicted octanol–water partition coefficient (Wildman–Crippen LogP) is 6.23. The number of rotatable bonds is 6. The zero-order chi connectivity index (χ0) is 20.9. The van der Waals surface area contributed by atoms with Crippen molar-refractivity contribution in [3.05, 3.63) is 106 Å². The highest BCUT2D eigenvalue weighted by Crippen LogP contribution is 2.24. The third-order valence-corrected chi connectivity index (χ3v) is 5.32. The van der Waals surface area contributed by atoms with Crippen LogP contribution in [0.5, 0.6) is 11.5 Å². The molecule has 0 atom stereocenters. The van der Waals surface area contributed by atoms with Crippen LogP contribution in [0.2, 0.25) is 0 Å². The quantitative estimate of drug-likeness (QED) is 0.404. The maximum atomic E-state index is 13.0. The smallest absolute Gasteiger partial charge is 0.257 e. The predicted molar refractivity (Wildman–Crippen MR) is 117 cm³/mol. The van der Waals surface area contributed by atoms with E-state index in [0.29, 0.717) is 22.9 Å². The summed E-state index contributed by atoms with van der Waals surface area (Å²) in [5.74, 6) is 0.919. The van der Waals surface area contributed by atoms with Crippen LogP contribution in [0.3, 0.4) is 0 Å². The fraction of sp³-hybridized carbons (Fsp3) is 0.0833. The molecule has 3 aromatic carbocycles. The van der Waals surface area contributed by atoms with Crippen molar-refractivity contribution in [2.45, 2.75) is 13.3 Å². The van der Waals surface area contributed by atoms with Gasteiger partial charge in [-0.25, -0.2) is 9.37 Å². The minimum absolute atomic E-state index is 0.236. The van der Waals surface area contributed by atoms with Gasteiger partial charge in [-0.3, -0.25) is 10.1 Å². The maximum absolute atomic E-state index is 13.0. The van der Waals surface area contributed by atoms with Crippen LogP contribution in [0.1, 0.15) is 26.4 Å². The van der Waals surface area contributed by atoms with E-state index in [1.54, 1.807) is 42.6 Å². The van der Waals surface area contributed by atoms with Crippen molar-refractivity contribution in [3.63, 3.8) is 0 Å². The molecule has 1 heterocycles. The zero-order valence-electron chi connectivity index (χ0n) is 16.3. The van der Waals surface area contributed by atoms with Gasteiger partial charge in [-0.15, -0.1) is 11.3 Å². The second-order valence-corrected chi connectivity index (χ2v) is 7.95. The highest BCUT2D eigenvalue weighted by molar-refractivity contribution is 7.15. The number of amides is 1. The third-order valence-electron chi connectivity index (χ3n) is 4.41. The number of nitrogens with one attached hydrogen (secondary N) is 1. The number of ether oxygens (including phenoxy) is 1. The van der Waals surface area contributed by atoms with Crippen LogP contribution in [0, 0.1) is 12.7 Å². The molecule has 0 spiro atoms. The first-order valence-corrected chi connectivity index (χ1v) is 10.2. The SMILES string of the molecule is Cc1cccc(Oc2ccc(C(=O)Nc3ncc(Cc4ccc(F)cc4)s3)cc2)c1. The van der Waals surface area contributed by atoms with Gasteiger partial charge in [0.1, 0.15) is 17.3 Å². The fourth-order valence-electron chi connectivity index (χ4n) is 2.91. The van der Waals surface area contributed by atoms with Crippen LogP contribution in [0.15, 0.2) is 79.0 Å². The van der Waals surface area contributed by atoms with Crippen LogP contribution in [-0.2, 0) is 6.42 Å². The van der Waals surface area contributed by atoms with Crippen molar-refractivity contribution in [3.8, 4) is 11.5 Å². The van der Waals surface area contributed by atoms with Gasteiger partial charge in [-0.05, 0) is 66.6 Å². The summed E-state index contributed by atoms with van der Waals surface area (Å²) in [5.41, 5.74) is 2.62. The van der Waals surface area contributed by atoms with E-state index in [-0.39, 0.29) is 11.7 Å². The van der Waals surface area contributed by atoms with E-state index >= 15 is 0 Å². The molecule has 1 aromatic heterocycles. The Bertz CT molecular complexity index is 1150. The average Bonchev–Trinajstić information content (AvgIpc) is 3.17. The molecular formula is C24H19FN2O2S. The molecule has 30 heavy (non-hydrogen) atoms. The number of aromatic nitrogens is 1. The summed E-state index contributed by atoms with van der Waals surface area (Å²) in [7, 11) is 0. The van der Waals surface area contributed by atoms with E-state index in [1.807, 2.05) is 31.2 Å². The lowest BCUT2D eigenvalue weighted by Crippen LogP contribution is -2.11. The summed E-state index contributed by atoms with van der Waals surface area (Å²) < 4.78 is 18.8. The molecule has 0 aliphatic heterocycles. The molecule has 0 aliphatic rings. The van der Waals surface area contributed by atoms with Gasteiger partial charge in [-0.1, -0.05) is 24.3 Å². The number of carbonyl (C=O) groups excluding carboxylic acids is 1. The molecular weight excluding hydrogens is 399 g/mol. The Hall–Kier alpha value is -3.51. The standard InChI is InChI=1S/C24H19FN2O2S/c1-16-3-2-4-21(13-16)29-20-11-7-18(8-12-20)23(28)27-24-26-15-22(30-24)14-17-5-9-19(25)10-6-17/h2-13,15H,14H2,1H3,(H,26,27,28). The van der Waals surface area contributed by atoms with Crippen LogP contribution in [0.4, 0.5) is 9.52 Å². The lowest BCUT2D eigenvalue weighted by atomic mass is 10.1. The van der Waals surface area contributed by atoms with E-state index in [0.717, 1.165) is 21.8 Å². The summed E-state index contributed by atoms with van der Waals surface area (Å²) in [5, 5.41) is 3.34. The molecule has 6 heteroatoms. The number of benzene rings is 3. The highest BCUT2D eigenvalue weighted by Gasteiger charge is 2.10. The van der Waals surface area contributed by atoms with E-state index in [4.69, 9.17) is 4.74 Å². The minimum Gasteiger partial charge on any atom is -0.457 e. The lowest BCUT2D eigenvalue weighted by molar-refractivity contribution is 0.102. The van der Waals surface area contributed by atoms with Crippen molar-refractivity contribution in [2.75, 3.05) is 5.32 Å². The number of carbonyl (C=O) groups is 1. The molecule has 1 amide bonds. The largest absolute Gasteiger partial charge is 0.457 e. The van der Waals surface area contributed by atoms with E-state index < -0.39 is 0 Å². The Labute approximate surface area is 178 Å². The van der Waals surface area contributed by atoms with E-state index in [9.17, 15) is 9.18 Å². The van der Waals surface area contributed by atoms with E-state index in [2.05, 4.69) is 10.3 Å². The molecule has 4 aromatic rings. The molecule has 0 unspecified atom stereocenters. The number of anilines is 1. The van der Waals surface area contributed by atoms with Crippen LogP contribution < -0.4 is 10.1 Å². The van der Waals surface area contributed by atoms with Gasteiger partial charge in [0.15, 0.2) is 5.13 Å². The van der Waals surface area contributed by atoms with E-state index in [1.165, 1.54) is 23.5 Å². The van der Waals surface area contributed by atoms with Gasteiger partial charge in [-0.2, -0.15) is 0 Å². The van der Waals surface area contributed by atoms with Crippen LogP contribution >= 0.6 is 11.3 Å². The summed E-state index contributed by atoms with van der Waals surface area (Å²) in [6.45, 7) is 2.00. The second kappa shape index (κ2) is 8.88. The average molecular weight is 418 g/mol. The van der Waals surface area contributed by atoms with Gasteiger partial charge < -0.3 is 4.74 Å². The Morgan fingerprint density at radius 2 is 1.80 bits per heavy atom. The van der Waals surface area contributed by atoms with Gasteiger partial charge >= 0.3 is 0 Å². The first-order chi connectivity index (χ1) is 14.5. The number of hydrogen-bond acceptors (Lipinski definition) is 4. The van der Waals surface area contributed by atoms with Gasteiger partial charge in [0, 0.05) is 23.1 Å². The molecule has 0 bridgehead atoms. The number of aryl methyl sites for hydroxylation is 1. The third kappa shape index (κ3) is 5.10. The summed E-state index contributed by atoms with van der Waals surface area (Å²) in [6, 6.07) is 21.1. The molecule has 0 radical (unpaired) electrons. The number of halogens is 1. The van der Waals surface area contributed by atoms with Crippen LogP contribution in [0.25, 0.3) is 0 Å². The molecule has 0 aliphatic carbocycles. The number of thiazole rings is 1. The number of hydrogen-bond donors (Lipinski definition) is 1. The molecule has 0 saturated heterocycles. The normalized spacial score (nSPS) is 10.6.